The third kappa shape index (κ3) is 2.30. The largest absolute Gasteiger partial charge is 0.357 e. The van der Waals surface area contributed by atoms with Crippen LogP contribution in [-0.4, -0.2) is 23.0 Å². The summed E-state index contributed by atoms with van der Waals surface area (Å²) in [6.07, 6.45) is 7.05. The molecule has 2 nitrogen and oxygen atoms in total. The zero-order valence-corrected chi connectivity index (χ0v) is 13.8. The molecule has 6 rings (SSSR count). The third-order valence-corrected chi connectivity index (χ3v) is 5.64. The maximum absolute atomic E-state index is 3.81. The van der Waals surface area contributed by atoms with Crippen LogP contribution in [0.4, 0.5) is 0 Å². The normalized spacial score (nSPS) is 22.8. The fraction of sp³-hybridized carbons (Fsp3) is 0.273. The van der Waals surface area contributed by atoms with Crippen molar-refractivity contribution >= 4 is 23.1 Å². The van der Waals surface area contributed by atoms with Crippen molar-refractivity contribution in [3.63, 3.8) is 0 Å². The molecule has 3 aliphatic heterocycles. The number of fused-ring (bicyclic) bond motifs is 3. The second-order valence-electron chi connectivity index (χ2n) is 7.08. The molecule has 4 heterocycles. The zero-order valence-electron chi connectivity index (χ0n) is 13.8. The molecular formula is C22H22N2. The number of nitrogens with zero attached hydrogens (tertiary/aromatic N) is 1. The van der Waals surface area contributed by atoms with Crippen LogP contribution in [0, 0.1) is 0 Å². The maximum atomic E-state index is 3.81. The highest BCUT2D eigenvalue weighted by Crippen LogP contribution is 2.39. The minimum Gasteiger partial charge on any atom is -0.357 e. The molecule has 2 bridgehead atoms. The Balaban J connectivity index is 1.61. The van der Waals surface area contributed by atoms with Crippen molar-refractivity contribution in [2.24, 2.45) is 0 Å². The molecule has 1 N–H and O–H groups in total. The van der Waals surface area contributed by atoms with E-state index in [1.807, 2.05) is 0 Å². The van der Waals surface area contributed by atoms with E-state index in [9.17, 15) is 0 Å². The van der Waals surface area contributed by atoms with Gasteiger partial charge in [-0.15, -0.1) is 0 Å². The van der Waals surface area contributed by atoms with E-state index in [1.165, 1.54) is 53.7 Å². The Labute approximate surface area is 142 Å². The van der Waals surface area contributed by atoms with Crippen molar-refractivity contribution < 1.29 is 0 Å². The van der Waals surface area contributed by atoms with Gasteiger partial charge >= 0.3 is 0 Å². The molecule has 1 saturated heterocycles. The van der Waals surface area contributed by atoms with E-state index in [4.69, 9.17) is 0 Å². The third-order valence-electron chi connectivity index (χ3n) is 5.64. The number of hydrogen-bond donors (Lipinski definition) is 1. The highest BCUT2D eigenvalue weighted by Gasteiger charge is 2.30. The molecule has 1 aromatic heterocycles. The van der Waals surface area contributed by atoms with Crippen LogP contribution in [0.5, 0.6) is 0 Å². The quantitative estimate of drug-likeness (QED) is 0.657. The number of hydrogen-bond acceptors (Lipinski definition) is 1. The van der Waals surface area contributed by atoms with Gasteiger partial charge in [-0.3, -0.25) is 4.90 Å². The lowest BCUT2D eigenvalue weighted by Gasteiger charge is -2.26. The average molecular weight is 314 g/mol. The average Bonchev–Trinajstić information content (AvgIpc) is 2.81. The van der Waals surface area contributed by atoms with Crippen molar-refractivity contribution in [2.45, 2.75) is 25.3 Å². The van der Waals surface area contributed by atoms with Gasteiger partial charge in [0, 0.05) is 23.5 Å². The summed E-state index contributed by atoms with van der Waals surface area (Å²) in [5.41, 5.74) is 6.89. The van der Waals surface area contributed by atoms with E-state index in [1.54, 1.807) is 5.56 Å². The molecule has 0 amide bonds. The molecule has 0 spiro atoms. The minimum absolute atomic E-state index is 0.720. The highest BCUT2D eigenvalue weighted by molar-refractivity contribution is 5.93. The number of benzene rings is 2. The molecule has 1 fully saturated rings. The molecule has 0 aliphatic carbocycles. The van der Waals surface area contributed by atoms with Crippen molar-refractivity contribution in [1.82, 2.24) is 9.88 Å². The standard InChI is InChI=1S/C22H22N2/c1-2-5-16(6-3-1)9-10-17-7-4-8-19-20-15-24-13-11-18(12-14-24)22(20)23-21(17)19/h1-10,18,23H,11-15H2/b10-9+. The van der Waals surface area contributed by atoms with E-state index in [-0.39, 0.29) is 0 Å². The number of rotatable bonds is 2. The topological polar surface area (TPSA) is 19.0 Å². The van der Waals surface area contributed by atoms with Gasteiger partial charge in [0.2, 0.25) is 0 Å². The van der Waals surface area contributed by atoms with Crippen LogP contribution < -0.4 is 0 Å². The first kappa shape index (κ1) is 14.1. The van der Waals surface area contributed by atoms with Gasteiger partial charge in [0.25, 0.3) is 0 Å². The van der Waals surface area contributed by atoms with Gasteiger partial charge in [-0.2, -0.15) is 0 Å². The smallest absolute Gasteiger partial charge is 0.0533 e. The van der Waals surface area contributed by atoms with Gasteiger partial charge in [-0.25, -0.2) is 0 Å². The molecule has 2 aromatic carbocycles. The molecule has 0 saturated carbocycles. The van der Waals surface area contributed by atoms with Crippen LogP contribution in [0.3, 0.4) is 0 Å². The van der Waals surface area contributed by atoms with Gasteiger partial charge in [-0.1, -0.05) is 60.7 Å². The maximum Gasteiger partial charge on any atom is 0.0533 e. The van der Waals surface area contributed by atoms with Crippen molar-refractivity contribution in [3.05, 3.63) is 70.9 Å². The first-order valence-corrected chi connectivity index (χ1v) is 8.97. The predicted molar refractivity (Wildman–Crippen MR) is 101 cm³/mol. The lowest BCUT2D eigenvalue weighted by atomic mass is 9.94. The van der Waals surface area contributed by atoms with Gasteiger partial charge in [-0.05, 0) is 42.6 Å². The molecule has 0 unspecified atom stereocenters. The molecule has 3 aliphatic rings. The van der Waals surface area contributed by atoms with Crippen molar-refractivity contribution in [2.75, 3.05) is 13.1 Å². The molecule has 0 atom stereocenters. The lowest BCUT2D eigenvalue weighted by molar-refractivity contribution is 0.220. The summed E-state index contributed by atoms with van der Waals surface area (Å²) in [6.45, 7) is 3.61. The summed E-state index contributed by atoms with van der Waals surface area (Å²) in [4.78, 5) is 6.42. The summed E-state index contributed by atoms with van der Waals surface area (Å²) < 4.78 is 0. The van der Waals surface area contributed by atoms with E-state index >= 15 is 0 Å². The second-order valence-corrected chi connectivity index (χ2v) is 7.08. The zero-order chi connectivity index (χ0) is 15.9. The Morgan fingerprint density at radius 2 is 1.75 bits per heavy atom. The van der Waals surface area contributed by atoms with E-state index < -0.39 is 0 Å². The van der Waals surface area contributed by atoms with Crippen molar-refractivity contribution in [1.29, 1.82) is 0 Å². The van der Waals surface area contributed by atoms with Gasteiger partial charge in [0.05, 0.1) is 5.52 Å². The first-order chi connectivity index (χ1) is 11.9. The number of aromatic amines is 1. The fourth-order valence-corrected chi connectivity index (χ4v) is 4.33. The van der Waals surface area contributed by atoms with Crippen LogP contribution in [0.2, 0.25) is 0 Å². The highest BCUT2D eigenvalue weighted by atomic mass is 15.1. The first-order valence-electron chi connectivity index (χ1n) is 8.97. The Kier molecular flexibility index (Phi) is 3.30. The van der Waals surface area contributed by atoms with Crippen LogP contribution in [0.25, 0.3) is 23.1 Å². The fourth-order valence-electron chi connectivity index (χ4n) is 4.33. The van der Waals surface area contributed by atoms with Crippen LogP contribution in [0.15, 0.2) is 48.5 Å². The lowest BCUT2D eigenvalue weighted by Crippen LogP contribution is -2.29. The van der Waals surface area contributed by atoms with E-state index in [0.29, 0.717) is 0 Å². The van der Waals surface area contributed by atoms with Gasteiger partial charge in [0.15, 0.2) is 0 Å². The van der Waals surface area contributed by atoms with Crippen LogP contribution in [0.1, 0.15) is 41.1 Å². The Morgan fingerprint density at radius 1 is 0.917 bits per heavy atom. The van der Waals surface area contributed by atoms with Gasteiger partial charge in [0.1, 0.15) is 0 Å². The Hall–Kier alpha value is -2.32. The number of para-hydroxylation sites is 1. The summed E-state index contributed by atoms with van der Waals surface area (Å²) >= 11 is 0. The summed E-state index contributed by atoms with van der Waals surface area (Å²) in [5.74, 6) is 0.720. The minimum atomic E-state index is 0.720. The predicted octanol–water partition coefficient (Wildman–Crippen LogP) is 5.03. The number of H-pyrrole nitrogens is 1. The monoisotopic (exact) mass is 314 g/mol. The number of aromatic nitrogens is 1. The Bertz CT molecular complexity index is 896. The molecule has 2 heteroatoms. The summed E-state index contributed by atoms with van der Waals surface area (Å²) in [5, 5.41) is 1.42. The molecule has 120 valence electrons. The van der Waals surface area contributed by atoms with Crippen LogP contribution >= 0.6 is 0 Å². The number of piperidine rings is 1. The molecular weight excluding hydrogens is 292 g/mol. The summed E-state index contributed by atoms with van der Waals surface area (Å²) in [7, 11) is 0. The van der Waals surface area contributed by atoms with E-state index in [2.05, 4.69) is 70.6 Å². The molecule has 0 radical (unpaired) electrons. The molecule has 24 heavy (non-hydrogen) atoms. The number of nitrogens with one attached hydrogen (secondary N) is 1. The SMILES string of the molecule is C(=C\c1cccc2c3c([nH]c12)C1CCN(CC1)C3)/c1ccccc1. The molecule has 3 aromatic rings. The second kappa shape index (κ2) is 5.64. The van der Waals surface area contributed by atoms with E-state index in [0.717, 1.165) is 12.5 Å². The van der Waals surface area contributed by atoms with Crippen LogP contribution in [-0.2, 0) is 6.54 Å². The summed E-state index contributed by atoms with van der Waals surface area (Å²) in [6, 6.07) is 17.2. The van der Waals surface area contributed by atoms with Gasteiger partial charge < -0.3 is 4.98 Å². The Morgan fingerprint density at radius 3 is 2.58 bits per heavy atom. The van der Waals surface area contributed by atoms with Crippen molar-refractivity contribution in [3.8, 4) is 0 Å².